The van der Waals surface area contributed by atoms with Crippen molar-refractivity contribution in [2.75, 3.05) is 26.4 Å². The lowest BCUT2D eigenvalue weighted by atomic mass is 10.1. The monoisotopic (exact) mass is 976 g/mol. The quantitative estimate of drug-likeness (QED) is 0.0264. The molecule has 3 N–H and O–H groups in total. The van der Waals surface area contributed by atoms with Gasteiger partial charge in [-0.2, -0.15) is 0 Å². The predicted molar refractivity (Wildman–Crippen MR) is 293 cm³/mol. The minimum atomic E-state index is -4.41. The molecule has 2 atom stereocenters. The topological polar surface area (TPSA) is 134 Å². The Hall–Kier alpha value is -4.11. The van der Waals surface area contributed by atoms with Gasteiger partial charge in [0.05, 0.1) is 13.2 Å². The van der Waals surface area contributed by atoms with E-state index >= 15 is 0 Å². The standard InChI is InChI=1S/C59H94NO8P/c1-3-5-7-9-11-13-15-17-19-21-23-25-26-27-28-29-30-32-34-36-38-40-42-44-46-48-50-52-59(62)68-57(56-67-69(63,64)66-54-53-60)55-65-58(61)51-49-47-45-43-41-39-37-35-33-31-24-22-20-18-16-14-12-10-8-6-4-2/h5-8,11-14,17-20,23-25,27-28,30-32,35,37,41,43,57H,3-4,9-10,15-16,21-22,26,29,33-34,36,38-40,42,44-56,60H2,1-2H3,(H,63,64)/b7-5-,8-6-,13-11-,14-12-,19-17-,20-18-,25-23-,28-27-,31-24-,32-30-,37-35-,43-41-. The van der Waals surface area contributed by atoms with Crippen molar-refractivity contribution in [2.24, 2.45) is 5.73 Å². The van der Waals surface area contributed by atoms with Crippen molar-refractivity contribution in [3.05, 3.63) is 146 Å². The predicted octanol–water partition coefficient (Wildman–Crippen LogP) is 16.4. The Labute approximate surface area is 420 Å². The Morgan fingerprint density at radius 3 is 1.14 bits per heavy atom. The van der Waals surface area contributed by atoms with Gasteiger partial charge in [-0.15, -0.1) is 0 Å². The van der Waals surface area contributed by atoms with E-state index in [1.807, 2.05) is 0 Å². The lowest BCUT2D eigenvalue weighted by Crippen LogP contribution is -2.29. The largest absolute Gasteiger partial charge is 0.472 e. The first-order valence-electron chi connectivity index (χ1n) is 26.3. The van der Waals surface area contributed by atoms with Crippen LogP contribution in [0.1, 0.15) is 181 Å². The van der Waals surface area contributed by atoms with E-state index in [-0.39, 0.29) is 32.6 Å². The number of nitrogens with two attached hydrogens (primary N) is 1. The van der Waals surface area contributed by atoms with Gasteiger partial charge < -0.3 is 20.1 Å². The van der Waals surface area contributed by atoms with E-state index in [1.165, 1.54) is 25.7 Å². The Bertz CT molecular complexity index is 1630. The summed E-state index contributed by atoms with van der Waals surface area (Å²) in [6, 6.07) is 0. The number of phosphoric acid groups is 1. The molecule has 0 spiro atoms. The molecule has 0 aromatic rings. The smallest absolute Gasteiger partial charge is 0.462 e. The highest BCUT2D eigenvalue weighted by atomic mass is 31.2. The van der Waals surface area contributed by atoms with E-state index in [9.17, 15) is 19.0 Å². The normalized spacial score (nSPS) is 14.3. The van der Waals surface area contributed by atoms with E-state index in [4.69, 9.17) is 24.3 Å². The molecule has 69 heavy (non-hydrogen) atoms. The second kappa shape index (κ2) is 53.2. The lowest BCUT2D eigenvalue weighted by Gasteiger charge is -2.19. The zero-order valence-corrected chi connectivity index (χ0v) is 43.9. The summed E-state index contributed by atoms with van der Waals surface area (Å²) in [5, 5.41) is 0. The first-order chi connectivity index (χ1) is 33.8. The van der Waals surface area contributed by atoms with Crippen molar-refractivity contribution in [1.82, 2.24) is 0 Å². The van der Waals surface area contributed by atoms with E-state index in [1.54, 1.807) is 0 Å². The van der Waals surface area contributed by atoms with Crippen LogP contribution >= 0.6 is 7.82 Å². The van der Waals surface area contributed by atoms with Crippen molar-refractivity contribution >= 4 is 19.8 Å². The molecule has 9 nitrogen and oxygen atoms in total. The van der Waals surface area contributed by atoms with Gasteiger partial charge >= 0.3 is 19.8 Å². The number of rotatable bonds is 47. The zero-order valence-electron chi connectivity index (χ0n) is 43.0. The fourth-order valence-electron chi connectivity index (χ4n) is 6.40. The fraction of sp³-hybridized carbons (Fsp3) is 0.559. The number of hydrogen-bond donors (Lipinski definition) is 2. The average molecular weight is 976 g/mol. The Morgan fingerprint density at radius 2 is 0.754 bits per heavy atom. The van der Waals surface area contributed by atoms with E-state index in [2.05, 4.69) is 160 Å². The molecular weight excluding hydrogens is 882 g/mol. The zero-order chi connectivity index (χ0) is 50.2. The summed E-state index contributed by atoms with van der Waals surface area (Å²) >= 11 is 0. The maximum absolute atomic E-state index is 12.7. The summed E-state index contributed by atoms with van der Waals surface area (Å²) in [7, 11) is -4.41. The highest BCUT2D eigenvalue weighted by Gasteiger charge is 2.26. The van der Waals surface area contributed by atoms with E-state index < -0.39 is 32.5 Å². The number of phosphoric ester groups is 1. The van der Waals surface area contributed by atoms with Gasteiger partial charge in [-0.1, -0.05) is 198 Å². The Kier molecular flexibility index (Phi) is 50.1. The maximum Gasteiger partial charge on any atom is 0.472 e. The number of unbranched alkanes of at least 4 members (excludes halogenated alkanes) is 10. The molecule has 0 bridgehead atoms. The third-order valence-corrected chi connectivity index (χ3v) is 11.2. The SMILES string of the molecule is CC/C=C\C/C=C\C/C=C\C/C=C\C/C=C\C/C=C\CCCCCCCCCCC(=O)OC(COC(=O)CCCC/C=C\C/C=C\C/C=C\C/C=C\C/C=C\C/C=C\CC)COP(=O)(O)OCCN. The maximum atomic E-state index is 12.7. The van der Waals surface area contributed by atoms with Crippen LogP contribution in [0.5, 0.6) is 0 Å². The lowest BCUT2D eigenvalue weighted by molar-refractivity contribution is -0.161. The van der Waals surface area contributed by atoms with Crippen LogP contribution in [0.4, 0.5) is 0 Å². The molecule has 0 aromatic carbocycles. The van der Waals surface area contributed by atoms with Crippen molar-refractivity contribution < 1.29 is 37.6 Å². The number of esters is 2. The minimum Gasteiger partial charge on any atom is -0.462 e. The van der Waals surface area contributed by atoms with Crippen LogP contribution in [0.3, 0.4) is 0 Å². The van der Waals surface area contributed by atoms with Crippen LogP contribution in [0.25, 0.3) is 0 Å². The summed E-state index contributed by atoms with van der Waals surface area (Å²) in [5.41, 5.74) is 5.37. The second-order valence-electron chi connectivity index (χ2n) is 16.6. The van der Waals surface area contributed by atoms with Crippen molar-refractivity contribution in [2.45, 2.75) is 187 Å². The molecule has 0 saturated heterocycles. The highest BCUT2D eigenvalue weighted by Crippen LogP contribution is 2.43. The minimum absolute atomic E-state index is 0.0368. The third kappa shape index (κ3) is 53.1. The van der Waals surface area contributed by atoms with Gasteiger partial charge in [-0.25, -0.2) is 4.57 Å². The first-order valence-corrected chi connectivity index (χ1v) is 27.8. The van der Waals surface area contributed by atoms with Crippen molar-refractivity contribution in [1.29, 1.82) is 0 Å². The fourth-order valence-corrected chi connectivity index (χ4v) is 7.17. The van der Waals surface area contributed by atoms with Gasteiger partial charge in [-0.3, -0.25) is 18.6 Å². The molecule has 0 aliphatic rings. The summed E-state index contributed by atoms with van der Waals surface area (Å²) in [6.45, 7) is 3.42. The van der Waals surface area contributed by atoms with Gasteiger partial charge in [0.25, 0.3) is 0 Å². The van der Waals surface area contributed by atoms with Crippen LogP contribution in [0.15, 0.2) is 146 Å². The second-order valence-corrected chi connectivity index (χ2v) is 18.1. The Balaban J connectivity index is 4.18. The molecule has 2 unspecified atom stereocenters. The summed E-state index contributed by atoms with van der Waals surface area (Å²) < 4.78 is 32.9. The molecule has 10 heteroatoms. The van der Waals surface area contributed by atoms with E-state index in [0.717, 1.165) is 116 Å². The van der Waals surface area contributed by atoms with Gasteiger partial charge in [-0.05, 0) is 116 Å². The van der Waals surface area contributed by atoms with Gasteiger partial charge in [0, 0.05) is 19.4 Å². The van der Waals surface area contributed by atoms with Crippen molar-refractivity contribution in [3.8, 4) is 0 Å². The van der Waals surface area contributed by atoms with Crippen LogP contribution < -0.4 is 5.73 Å². The number of allylic oxidation sites excluding steroid dienone is 24. The molecule has 0 saturated carbocycles. The first kappa shape index (κ1) is 64.9. The van der Waals surface area contributed by atoms with E-state index in [0.29, 0.717) is 12.8 Å². The number of ether oxygens (including phenoxy) is 2. The third-order valence-electron chi connectivity index (χ3n) is 10.2. The van der Waals surface area contributed by atoms with Gasteiger partial charge in [0.2, 0.25) is 0 Å². The molecule has 0 fully saturated rings. The average Bonchev–Trinajstić information content (AvgIpc) is 3.34. The molecule has 0 heterocycles. The van der Waals surface area contributed by atoms with Crippen LogP contribution in [0.2, 0.25) is 0 Å². The van der Waals surface area contributed by atoms with Crippen LogP contribution in [-0.2, 0) is 32.7 Å². The molecule has 388 valence electrons. The van der Waals surface area contributed by atoms with Gasteiger partial charge in [0.15, 0.2) is 6.10 Å². The highest BCUT2D eigenvalue weighted by molar-refractivity contribution is 7.47. The summed E-state index contributed by atoms with van der Waals surface area (Å²) in [5.74, 6) is -0.903. The van der Waals surface area contributed by atoms with Gasteiger partial charge in [0.1, 0.15) is 6.61 Å². The number of carbonyl (C=O) groups excluding carboxylic acids is 2. The molecule has 0 amide bonds. The van der Waals surface area contributed by atoms with Crippen molar-refractivity contribution in [3.63, 3.8) is 0 Å². The van der Waals surface area contributed by atoms with Crippen LogP contribution in [-0.4, -0.2) is 49.3 Å². The van der Waals surface area contributed by atoms with Crippen LogP contribution in [0, 0.1) is 0 Å². The summed E-state index contributed by atoms with van der Waals surface area (Å²) in [4.78, 5) is 35.1. The Morgan fingerprint density at radius 1 is 0.435 bits per heavy atom. The molecule has 0 aromatic heterocycles. The molecular formula is C59H94NO8P. The molecule has 0 rings (SSSR count). The molecule has 0 aliphatic heterocycles. The number of carbonyl (C=O) groups is 2. The molecule has 0 aliphatic carbocycles. The molecule has 0 radical (unpaired) electrons. The summed E-state index contributed by atoms with van der Waals surface area (Å²) in [6.07, 6.45) is 76.0. The number of hydrogen-bond acceptors (Lipinski definition) is 8.